The maximum atomic E-state index is 2.47. The fourth-order valence-corrected chi connectivity index (χ4v) is 2.99. The van der Waals surface area contributed by atoms with Gasteiger partial charge in [-0.05, 0) is 55.4 Å². The molecule has 0 amide bonds. The highest BCUT2D eigenvalue weighted by molar-refractivity contribution is 5.24. The van der Waals surface area contributed by atoms with Gasteiger partial charge in [-0.1, -0.05) is 32.1 Å². The van der Waals surface area contributed by atoms with E-state index in [4.69, 9.17) is 0 Å². The molecule has 0 aromatic carbocycles. The van der Waals surface area contributed by atoms with E-state index < -0.39 is 0 Å². The highest BCUT2D eigenvalue weighted by Gasteiger charge is 2.21. The van der Waals surface area contributed by atoms with Gasteiger partial charge in [-0.25, -0.2) is 0 Å². The minimum Gasteiger partial charge on any atom is -0.0814 e. The van der Waals surface area contributed by atoms with Crippen molar-refractivity contribution < 1.29 is 0 Å². The molecular formula is C14H22. The van der Waals surface area contributed by atoms with Crippen molar-refractivity contribution in [1.82, 2.24) is 0 Å². The Morgan fingerprint density at radius 1 is 1.21 bits per heavy atom. The molecule has 0 spiro atoms. The molecule has 14 heavy (non-hydrogen) atoms. The summed E-state index contributed by atoms with van der Waals surface area (Å²) in [4.78, 5) is 0. The Bertz CT molecular complexity index is 247. The molecule has 0 saturated carbocycles. The van der Waals surface area contributed by atoms with Crippen molar-refractivity contribution in [2.24, 2.45) is 17.8 Å². The lowest BCUT2D eigenvalue weighted by molar-refractivity contribution is 0.352. The second-order valence-corrected chi connectivity index (χ2v) is 5.24. The van der Waals surface area contributed by atoms with Crippen molar-refractivity contribution in [3.05, 3.63) is 23.8 Å². The topological polar surface area (TPSA) is 0 Å². The van der Waals surface area contributed by atoms with E-state index in [9.17, 15) is 0 Å². The van der Waals surface area contributed by atoms with E-state index in [2.05, 4.69) is 32.1 Å². The first-order valence-corrected chi connectivity index (χ1v) is 6.14. The Kier molecular flexibility index (Phi) is 3.10. The van der Waals surface area contributed by atoms with Crippen molar-refractivity contribution in [3.63, 3.8) is 0 Å². The maximum absolute atomic E-state index is 2.47. The van der Waals surface area contributed by atoms with Gasteiger partial charge in [0.2, 0.25) is 0 Å². The highest BCUT2D eigenvalue weighted by atomic mass is 14.3. The lowest BCUT2D eigenvalue weighted by Gasteiger charge is -2.28. The molecule has 1 unspecified atom stereocenters. The zero-order valence-corrected chi connectivity index (χ0v) is 9.50. The van der Waals surface area contributed by atoms with Crippen LogP contribution in [0.4, 0.5) is 0 Å². The minimum atomic E-state index is 0.772. The van der Waals surface area contributed by atoms with Crippen LogP contribution in [0.1, 0.15) is 46.0 Å². The predicted molar refractivity (Wildman–Crippen MR) is 62.1 cm³/mol. The van der Waals surface area contributed by atoms with Gasteiger partial charge in [0.25, 0.3) is 0 Å². The summed E-state index contributed by atoms with van der Waals surface area (Å²) in [6.45, 7) is 4.76. The van der Waals surface area contributed by atoms with E-state index in [0.29, 0.717) is 0 Å². The number of rotatable bonds is 0. The van der Waals surface area contributed by atoms with Crippen LogP contribution in [0.25, 0.3) is 0 Å². The van der Waals surface area contributed by atoms with Crippen LogP contribution in [0, 0.1) is 17.8 Å². The van der Waals surface area contributed by atoms with Crippen molar-refractivity contribution >= 4 is 0 Å². The summed E-state index contributed by atoms with van der Waals surface area (Å²) in [7, 11) is 0. The van der Waals surface area contributed by atoms with Gasteiger partial charge in [-0.15, -0.1) is 0 Å². The van der Waals surface area contributed by atoms with Crippen molar-refractivity contribution in [1.29, 1.82) is 0 Å². The summed E-state index contributed by atoms with van der Waals surface area (Å²) in [5, 5.41) is 0. The fraction of sp³-hybridized carbons (Fsp3) is 0.714. The highest BCUT2D eigenvalue weighted by Crippen LogP contribution is 2.35. The molecule has 0 fully saturated rings. The number of fused-ring (bicyclic) bond motifs is 1. The summed E-state index contributed by atoms with van der Waals surface area (Å²) in [6.07, 6.45) is 14.2. The monoisotopic (exact) mass is 190 g/mol. The van der Waals surface area contributed by atoms with Gasteiger partial charge in [-0.2, -0.15) is 0 Å². The largest absolute Gasteiger partial charge is 0.0814 e. The van der Waals surface area contributed by atoms with Crippen LogP contribution in [0.5, 0.6) is 0 Å². The fourth-order valence-electron chi connectivity index (χ4n) is 2.99. The molecule has 78 valence electrons. The molecule has 0 N–H and O–H groups in total. The molecule has 0 heterocycles. The van der Waals surface area contributed by atoms with Gasteiger partial charge < -0.3 is 0 Å². The van der Waals surface area contributed by atoms with Crippen molar-refractivity contribution in [2.75, 3.05) is 0 Å². The second-order valence-electron chi connectivity index (χ2n) is 5.24. The molecule has 2 rings (SSSR count). The molecule has 0 nitrogen and oxygen atoms in total. The minimum absolute atomic E-state index is 0.772. The van der Waals surface area contributed by atoms with Gasteiger partial charge >= 0.3 is 0 Å². The summed E-state index contributed by atoms with van der Waals surface area (Å²) in [5.41, 5.74) is 1.63. The third-order valence-corrected chi connectivity index (χ3v) is 3.69. The first-order valence-electron chi connectivity index (χ1n) is 6.14. The lowest BCUT2D eigenvalue weighted by Crippen LogP contribution is -2.15. The van der Waals surface area contributed by atoms with E-state index >= 15 is 0 Å². The molecule has 0 aromatic heterocycles. The Morgan fingerprint density at radius 3 is 2.93 bits per heavy atom. The smallest absolute Gasteiger partial charge is 0.0163 e. The van der Waals surface area contributed by atoms with Gasteiger partial charge in [0.15, 0.2) is 0 Å². The Balaban J connectivity index is 2.17. The number of allylic oxidation sites excluding steroid dienone is 4. The van der Waals surface area contributed by atoms with Gasteiger partial charge in [0.1, 0.15) is 0 Å². The molecule has 2 aliphatic rings. The molecule has 3 atom stereocenters. The Labute approximate surface area is 88.1 Å². The average Bonchev–Trinajstić information content (AvgIpc) is 2.14. The maximum Gasteiger partial charge on any atom is -0.0163 e. The molecule has 0 aromatic rings. The summed E-state index contributed by atoms with van der Waals surface area (Å²) in [6, 6.07) is 0. The lowest BCUT2D eigenvalue weighted by atomic mass is 9.77. The average molecular weight is 190 g/mol. The molecule has 0 saturated heterocycles. The SMILES string of the molecule is CC1C[C@H]2CCCC=C2C=C[C@H](C)C1. The van der Waals surface area contributed by atoms with Crippen LogP contribution in [0.3, 0.4) is 0 Å². The third-order valence-electron chi connectivity index (χ3n) is 3.69. The first-order chi connectivity index (χ1) is 6.75. The van der Waals surface area contributed by atoms with Crippen LogP contribution in [-0.4, -0.2) is 0 Å². The predicted octanol–water partition coefficient (Wildman–Crippen LogP) is 4.34. The third kappa shape index (κ3) is 2.29. The zero-order chi connectivity index (χ0) is 9.97. The van der Waals surface area contributed by atoms with Crippen LogP contribution < -0.4 is 0 Å². The number of hydrogen-bond acceptors (Lipinski definition) is 0. The van der Waals surface area contributed by atoms with Crippen LogP contribution in [-0.2, 0) is 0 Å². The number of hydrogen-bond donors (Lipinski definition) is 0. The van der Waals surface area contributed by atoms with Gasteiger partial charge in [0, 0.05) is 0 Å². The molecular weight excluding hydrogens is 168 g/mol. The molecule has 0 aliphatic heterocycles. The summed E-state index contributed by atoms with van der Waals surface area (Å²) < 4.78 is 0. The zero-order valence-electron chi connectivity index (χ0n) is 9.50. The summed E-state index contributed by atoms with van der Waals surface area (Å²) in [5.74, 6) is 2.55. The van der Waals surface area contributed by atoms with Crippen LogP contribution >= 0.6 is 0 Å². The quantitative estimate of drug-likeness (QED) is 0.533. The molecule has 2 aliphatic carbocycles. The molecule has 0 heteroatoms. The molecule has 0 radical (unpaired) electrons. The van der Waals surface area contributed by atoms with Gasteiger partial charge in [0.05, 0.1) is 0 Å². The van der Waals surface area contributed by atoms with E-state index in [1.54, 1.807) is 5.57 Å². The van der Waals surface area contributed by atoms with E-state index in [-0.39, 0.29) is 0 Å². The van der Waals surface area contributed by atoms with Crippen molar-refractivity contribution in [2.45, 2.75) is 46.0 Å². The van der Waals surface area contributed by atoms with E-state index in [0.717, 1.165) is 17.8 Å². The standard InChI is InChI=1S/C14H22/c1-11-7-8-13-5-3-4-6-14(13)10-12(2)9-11/h5,7-8,11-12,14H,3-4,6,9-10H2,1-2H3/t11-,12?,14+/m0/s1. The van der Waals surface area contributed by atoms with Gasteiger partial charge in [-0.3, -0.25) is 0 Å². The second kappa shape index (κ2) is 4.33. The normalized spacial score (nSPS) is 38.1. The Morgan fingerprint density at radius 2 is 2.07 bits per heavy atom. The molecule has 0 bridgehead atoms. The van der Waals surface area contributed by atoms with Crippen LogP contribution in [0.15, 0.2) is 23.8 Å². The van der Waals surface area contributed by atoms with E-state index in [1.165, 1.54) is 32.1 Å². The first kappa shape index (κ1) is 10.0. The summed E-state index contributed by atoms with van der Waals surface area (Å²) >= 11 is 0. The van der Waals surface area contributed by atoms with Crippen LogP contribution in [0.2, 0.25) is 0 Å². The van der Waals surface area contributed by atoms with E-state index in [1.807, 2.05) is 0 Å². The Hall–Kier alpha value is -0.520. The van der Waals surface area contributed by atoms with Crippen molar-refractivity contribution in [3.8, 4) is 0 Å².